The van der Waals surface area contributed by atoms with Crippen molar-refractivity contribution in [3.05, 3.63) is 54.5 Å². The molecule has 0 fully saturated rings. The fourth-order valence-electron chi connectivity index (χ4n) is 3.35. The van der Waals surface area contributed by atoms with E-state index in [0.717, 1.165) is 33.8 Å². The molecule has 0 saturated carbocycles. The third kappa shape index (κ3) is 3.63. The molecular weight excluding hydrogens is 371 g/mol. The van der Waals surface area contributed by atoms with E-state index >= 15 is 0 Å². The van der Waals surface area contributed by atoms with Gasteiger partial charge in [0.05, 0.1) is 18.1 Å². The summed E-state index contributed by atoms with van der Waals surface area (Å²) in [6, 6.07) is 11.7. The molecule has 6 nitrogen and oxygen atoms in total. The zero-order chi connectivity index (χ0) is 20.4. The molecule has 0 aliphatic rings. The summed E-state index contributed by atoms with van der Waals surface area (Å²) in [5.74, 6) is 0.262. The van der Waals surface area contributed by atoms with Crippen LogP contribution in [0.5, 0.6) is 5.75 Å². The van der Waals surface area contributed by atoms with Gasteiger partial charge < -0.3 is 10.1 Å². The lowest BCUT2D eigenvalue weighted by molar-refractivity contribution is -0.121. The number of ether oxygens (including phenoxy) is 1. The number of benzene rings is 2. The molecule has 1 N–H and O–H groups in total. The van der Waals surface area contributed by atoms with E-state index in [4.69, 9.17) is 9.84 Å². The molecule has 2 aromatic heterocycles. The van der Waals surface area contributed by atoms with Crippen LogP contribution in [-0.2, 0) is 11.3 Å². The van der Waals surface area contributed by atoms with Crippen molar-refractivity contribution < 1.29 is 13.9 Å². The van der Waals surface area contributed by atoms with E-state index in [2.05, 4.69) is 10.3 Å². The van der Waals surface area contributed by atoms with Crippen LogP contribution in [0.4, 0.5) is 4.39 Å². The van der Waals surface area contributed by atoms with Crippen LogP contribution in [0, 0.1) is 5.82 Å². The molecular formula is C22H21FN4O2. The smallest absolute Gasteiger partial charge is 0.241 e. The van der Waals surface area contributed by atoms with Crippen LogP contribution >= 0.6 is 0 Å². The molecule has 0 radical (unpaired) electrons. The number of pyridine rings is 1. The predicted molar refractivity (Wildman–Crippen MR) is 110 cm³/mol. The van der Waals surface area contributed by atoms with Crippen LogP contribution in [0.15, 0.2) is 48.7 Å². The number of halogens is 1. The molecule has 7 heteroatoms. The monoisotopic (exact) mass is 392 g/mol. The van der Waals surface area contributed by atoms with Crippen molar-refractivity contribution in [2.24, 2.45) is 0 Å². The van der Waals surface area contributed by atoms with Crippen LogP contribution in [0.3, 0.4) is 0 Å². The van der Waals surface area contributed by atoms with Crippen molar-refractivity contribution in [1.29, 1.82) is 0 Å². The first-order chi connectivity index (χ1) is 14.1. The van der Waals surface area contributed by atoms with E-state index in [1.54, 1.807) is 30.1 Å². The standard InChI is InChI=1S/C22H21FN4O2/c1-3-10-24-20(28)13-27-22-17-11-16(29-2)8-9-19(17)25-12-18(22)21(26-27)14-4-6-15(23)7-5-14/h4-9,11-12H,3,10,13H2,1-2H3,(H,24,28). The van der Waals surface area contributed by atoms with Gasteiger partial charge in [-0.25, -0.2) is 4.39 Å². The summed E-state index contributed by atoms with van der Waals surface area (Å²) in [5.41, 5.74) is 2.98. The summed E-state index contributed by atoms with van der Waals surface area (Å²) < 4.78 is 20.5. The lowest BCUT2D eigenvalue weighted by atomic mass is 10.1. The molecule has 148 valence electrons. The predicted octanol–water partition coefficient (Wildman–Crippen LogP) is 3.93. The minimum Gasteiger partial charge on any atom is -0.497 e. The molecule has 4 aromatic rings. The Hall–Kier alpha value is -3.48. The maximum Gasteiger partial charge on any atom is 0.241 e. The van der Waals surface area contributed by atoms with Gasteiger partial charge in [-0.1, -0.05) is 6.92 Å². The normalized spacial score (nSPS) is 11.1. The van der Waals surface area contributed by atoms with Crippen molar-refractivity contribution in [3.63, 3.8) is 0 Å². The first-order valence-electron chi connectivity index (χ1n) is 9.46. The zero-order valence-electron chi connectivity index (χ0n) is 16.3. The van der Waals surface area contributed by atoms with E-state index < -0.39 is 0 Å². The number of carbonyl (C=O) groups is 1. The number of hydrogen-bond acceptors (Lipinski definition) is 4. The SMILES string of the molecule is CCCNC(=O)Cn1nc(-c2ccc(F)cc2)c2cnc3ccc(OC)cc3c21. The first kappa shape index (κ1) is 18.9. The van der Waals surface area contributed by atoms with Crippen LogP contribution in [0.1, 0.15) is 13.3 Å². The second kappa shape index (κ2) is 7.87. The van der Waals surface area contributed by atoms with E-state index in [1.807, 2.05) is 25.1 Å². The highest BCUT2D eigenvalue weighted by Gasteiger charge is 2.18. The number of rotatable bonds is 6. The number of aromatic nitrogens is 3. The highest BCUT2D eigenvalue weighted by Crippen LogP contribution is 2.33. The van der Waals surface area contributed by atoms with Gasteiger partial charge in [0.1, 0.15) is 23.8 Å². The molecule has 0 unspecified atom stereocenters. The highest BCUT2D eigenvalue weighted by atomic mass is 19.1. The van der Waals surface area contributed by atoms with Gasteiger partial charge in [0.15, 0.2) is 0 Å². The number of nitrogens with zero attached hydrogens (tertiary/aromatic N) is 3. The van der Waals surface area contributed by atoms with Crippen LogP contribution in [-0.4, -0.2) is 34.3 Å². The number of fused-ring (bicyclic) bond motifs is 3. The Morgan fingerprint density at radius 3 is 2.69 bits per heavy atom. The number of carbonyl (C=O) groups excluding carboxylic acids is 1. The van der Waals surface area contributed by atoms with Crippen molar-refractivity contribution in [3.8, 4) is 17.0 Å². The molecule has 0 bridgehead atoms. The summed E-state index contributed by atoms with van der Waals surface area (Å²) in [6.45, 7) is 2.69. The second-order valence-corrected chi connectivity index (χ2v) is 6.77. The van der Waals surface area contributed by atoms with E-state index in [1.165, 1.54) is 12.1 Å². The first-order valence-corrected chi connectivity index (χ1v) is 9.46. The number of methoxy groups -OCH3 is 1. The van der Waals surface area contributed by atoms with Gasteiger partial charge >= 0.3 is 0 Å². The Labute approximate surface area is 167 Å². The minimum atomic E-state index is -0.315. The van der Waals surface area contributed by atoms with Crippen LogP contribution in [0.25, 0.3) is 33.1 Å². The number of nitrogens with one attached hydrogen (secondary N) is 1. The third-order valence-electron chi connectivity index (χ3n) is 4.76. The van der Waals surface area contributed by atoms with E-state index in [9.17, 15) is 9.18 Å². The summed E-state index contributed by atoms with van der Waals surface area (Å²) in [4.78, 5) is 16.9. The van der Waals surface area contributed by atoms with Gasteiger partial charge in [-0.3, -0.25) is 14.5 Å². The molecule has 0 spiro atoms. The number of amides is 1. The lowest BCUT2D eigenvalue weighted by Gasteiger charge is -2.08. The van der Waals surface area contributed by atoms with Gasteiger partial charge in [0.2, 0.25) is 5.91 Å². The molecule has 29 heavy (non-hydrogen) atoms. The number of hydrogen-bond donors (Lipinski definition) is 1. The Balaban J connectivity index is 1.94. The fourth-order valence-corrected chi connectivity index (χ4v) is 3.35. The summed E-state index contributed by atoms with van der Waals surface area (Å²) in [7, 11) is 1.61. The van der Waals surface area contributed by atoms with Gasteiger partial charge in [-0.05, 0) is 48.9 Å². The summed E-state index contributed by atoms with van der Waals surface area (Å²) >= 11 is 0. The fraction of sp³-hybridized carbons (Fsp3) is 0.227. The summed E-state index contributed by atoms with van der Waals surface area (Å²) in [6.07, 6.45) is 2.60. The molecule has 1 amide bonds. The average Bonchev–Trinajstić information content (AvgIpc) is 3.11. The largest absolute Gasteiger partial charge is 0.497 e. The Bertz CT molecular complexity index is 1190. The topological polar surface area (TPSA) is 69.0 Å². The average molecular weight is 392 g/mol. The molecule has 2 aromatic carbocycles. The van der Waals surface area contributed by atoms with E-state index in [-0.39, 0.29) is 18.3 Å². The minimum absolute atomic E-state index is 0.0774. The van der Waals surface area contributed by atoms with E-state index in [0.29, 0.717) is 18.0 Å². The van der Waals surface area contributed by atoms with Crippen molar-refractivity contribution in [2.75, 3.05) is 13.7 Å². The van der Waals surface area contributed by atoms with Crippen molar-refractivity contribution >= 4 is 27.7 Å². The van der Waals surface area contributed by atoms with Gasteiger partial charge in [-0.2, -0.15) is 5.10 Å². The molecule has 4 rings (SSSR count). The van der Waals surface area contributed by atoms with Gasteiger partial charge in [0, 0.05) is 29.1 Å². The maximum atomic E-state index is 13.4. The Morgan fingerprint density at radius 2 is 1.97 bits per heavy atom. The molecule has 0 saturated heterocycles. The van der Waals surface area contributed by atoms with Crippen molar-refractivity contribution in [2.45, 2.75) is 19.9 Å². The molecule has 0 atom stereocenters. The van der Waals surface area contributed by atoms with Crippen LogP contribution < -0.4 is 10.1 Å². The van der Waals surface area contributed by atoms with Crippen LogP contribution in [0.2, 0.25) is 0 Å². The maximum absolute atomic E-state index is 13.4. The zero-order valence-corrected chi connectivity index (χ0v) is 16.3. The lowest BCUT2D eigenvalue weighted by Crippen LogP contribution is -2.28. The molecule has 0 aliphatic heterocycles. The molecule has 0 aliphatic carbocycles. The molecule has 2 heterocycles. The Kier molecular flexibility index (Phi) is 5.12. The van der Waals surface area contributed by atoms with Crippen molar-refractivity contribution in [1.82, 2.24) is 20.1 Å². The third-order valence-corrected chi connectivity index (χ3v) is 4.76. The highest BCUT2D eigenvalue weighted by molar-refractivity contribution is 6.08. The quantitative estimate of drug-likeness (QED) is 0.540. The van der Waals surface area contributed by atoms with Gasteiger partial charge in [0.25, 0.3) is 0 Å². The second-order valence-electron chi connectivity index (χ2n) is 6.77. The van der Waals surface area contributed by atoms with Gasteiger partial charge in [-0.15, -0.1) is 0 Å². The summed E-state index contributed by atoms with van der Waals surface area (Å²) in [5, 5.41) is 9.21. The Morgan fingerprint density at radius 1 is 1.17 bits per heavy atom.